The van der Waals surface area contributed by atoms with Crippen molar-refractivity contribution < 1.29 is 23.2 Å². The number of methoxy groups -OCH3 is 1. The average molecular weight is 383 g/mol. The highest BCUT2D eigenvalue weighted by Gasteiger charge is 2.18. The second kappa shape index (κ2) is 7.91. The van der Waals surface area contributed by atoms with Crippen LogP contribution in [-0.2, 0) is 0 Å². The van der Waals surface area contributed by atoms with Crippen LogP contribution < -0.4 is 10.1 Å². The minimum atomic E-state index is -0.584. The monoisotopic (exact) mass is 383 g/mol. The number of halogens is 1. The van der Waals surface area contributed by atoms with Gasteiger partial charge in [-0.25, -0.2) is 4.39 Å². The Morgan fingerprint density at radius 2 is 1.89 bits per heavy atom. The van der Waals surface area contributed by atoms with Crippen molar-refractivity contribution in [3.05, 3.63) is 65.6 Å². The highest BCUT2D eigenvalue weighted by Crippen LogP contribution is 2.28. The smallest absolute Gasteiger partial charge is 0.277 e. The van der Waals surface area contributed by atoms with Crippen molar-refractivity contribution in [1.29, 1.82) is 0 Å². The lowest BCUT2D eigenvalue weighted by molar-refractivity contribution is 0.0827. The lowest BCUT2D eigenvalue weighted by Crippen LogP contribution is -2.22. The van der Waals surface area contributed by atoms with Gasteiger partial charge in [-0.15, -0.1) is 0 Å². The quantitative estimate of drug-likeness (QED) is 0.730. The average Bonchev–Trinajstić information content (AvgIpc) is 3.17. The van der Waals surface area contributed by atoms with Gasteiger partial charge >= 0.3 is 0 Å². The predicted molar refractivity (Wildman–Crippen MR) is 101 cm³/mol. The fraction of sp³-hybridized carbons (Fsp3) is 0.150. The third kappa shape index (κ3) is 3.85. The number of nitrogens with zero attached hydrogens (tertiary/aromatic N) is 2. The number of benzene rings is 2. The van der Waals surface area contributed by atoms with E-state index in [-0.39, 0.29) is 22.9 Å². The maximum atomic E-state index is 13.9. The minimum Gasteiger partial charge on any atom is -0.495 e. The zero-order valence-electron chi connectivity index (χ0n) is 15.5. The second-order valence-electron chi connectivity index (χ2n) is 6.13. The molecule has 0 fully saturated rings. The Hall–Kier alpha value is -3.68. The summed E-state index contributed by atoms with van der Waals surface area (Å²) in [5.74, 6) is -0.782. The Morgan fingerprint density at radius 3 is 2.57 bits per heavy atom. The number of carbonyl (C=O) groups is 2. The number of hydrogen-bond donors (Lipinski definition) is 1. The van der Waals surface area contributed by atoms with E-state index in [2.05, 4.69) is 10.5 Å². The molecule has 0 atom stereocenters. The molecule has 0 unspecified atom stereocenters. The van der Waals surface area contributed by atoms with E-state index in [1.807, 2.05) is 0 Å². The van der Waals surface area contributed by atoms with Crippen molar-refractivity contribution in [2.24, 2.45) is 0 Å². The summed E-state index contributed by atoms with van der Waals surface area (Å²) in [6.45, 7) is 0. The number of carbonyl (C=O) groups excluding carboxylic acids is 2. The maximum Gasteiger partial charge on any atom is 0.277 e. The van der Waals surface area contributed by atoms with E-state index in [1.54, 1.807) is 38.4 Å². The van der Waals surface area contributed by atoms with Gasteiger partial charge in [0.15, 0.2) is 11.5 Å². The van der Waals surface area contributed by atoms with Gasteiger partial charge in [0.25, 0.3) is 11.8 Å². The SMILES string of the molecule is COc1ccc(C(=O)N(C)C)cc1NC(=O)c1cc(-c2ccccc2F)on1. The largest absolute Gasteiger partial charge is 0.495 e. The molecule has 144 valence electrons. The topological polar surface area (TPSA) is 84.7 Å². The van der Waals surface area contributed by atoms with Crippen LogP contribution in [0.3, 0.4) is 0 Å². The number of hydrogen-bond acceptors (Lipinski definition) is 5. The molecule has 3 aromatic rings. The summed E-state index contributed by atoms with van der Waals surface area (Å²) in [5.41, 5.74) is 0.846. The van der Waals surface area contributed by atoms with Gasteiger partial charge in [0.05, 0.1) is 18.4 Å². The first-order valence-electron chi connectivity index (χ1n) is 8.33. The molecule has 0 saturated carbocycles. The Morgan fingerprint density at radius 1 is 1.14 bits per heavy atom. The Labute approximate surface area is 160 Å². The van der Waals surface area contributed by atoms with Gasteiger partial charge in [-0.2, -0.15) is 0 Å². The molecule has 1 N–H and O–H groups in total. The summed E-state index contributed by atoms with van der Waals surface area (Å²) in [6.07, 6.45) is 0. The number of rotatable bonds is 5. The van der Waals surface area contributed by atoms with Crippen LogP contribution in [0.25, 0.3) is 11.3 Å². The van der Waals surface area contributed by atoms with E-state index in [4.69, 9.17) is 9.26 Å². The van der Waals surface area contributed by atoms with Crippen LogP contribution in [0.2, 0.25) is 0 Å². The summed E-state index contributed by atoms with van der Waals surface area (Å²) in [5, 5.41) is 6.34. The summed E-state index contributed by atoms with van der Waals surface area (Å²) >= 11 is 0. The van der Waals surface area contributed by atoms with Crippen LogP contribution >= 0.6 is 0 Å². The van der Waals surface area contributed by atoms with E-state index in [9.17, 15) is 14.0 Å². The first-order chi connectivity index (χ1) is 13.4. The molecule has 2 aromatic carbocycles. The number of nitrogens with one attached hydrogen (secondary N) is 1. The highest BCUT2D eigenvalue weighted by molar-refractivity contribution is 6.05. The predicted octanol–water partition coefficient (Wildman–Crippen LogP) is 3.44. The molecule has 0 bridgehead atoms. The van der Waals surface area contributed by atoms with Crippen LogP contribution in [0.4, 0.5) is 10.1 Å². The van der Waals surface area contributed by atoms with E-state index < -0.39 is 11.7 Å². The standard InChI is InChI=1S/C20H18FN3O4/c1-24(2)20(26)12-8-9-17(27-3)15(10-12)22-19(25)16-11-18(28-23-16)13-6-4-5-7-14(13)21/h4-11H,1-3H3,(H,22,25). The Kier molecular flexibility index (Phi) is 5.39. The van der Waals surface area contributed by atoms with Crippen molar-refractivity contribution in [2.75, 3.05) is 26.5 Å². The zero-order valence-corrected chi connectivity index (χ0v) is 15.5. The van der Waals surface area contributed by atoms with E-state index in [0.717, 1.165) is 0 Å². The fourth-order valence-corrected chi connectivity index (χ4v) is 2.55. The van der Waals surface area contributed by atoms with Crippen LogP contribution in [0.1, 0.15) is 20.8 Å². The van der Waals surface area contributed by atoms with Gasteiger partial charge in [-0.1, -0.05) is 17.3 Å². The Balaban J connectivity index is 1.86. The van der Waals surface area contributed by atoms with Crippen LogP contribution in [0.15, 0.2) is 53.1 Å². The zero-order chi connectivity index (χ0) is 20.3. The molecule has 0 aliphatic carbocycles. The van der Waals surface area contributed by atoms with Gasteiger partial charge in [-0.3, -0.25) is 9.59 Å². The molecule has 7 nitrogen and oxygen atoms in total. The van der Waals surface area contributed by atoms with Crippen molar-refractivity contribution in [3.8, 4) is 17.1 Å². The summed E-state index contributed by atoms with van der Waals surface area (Å²) in [7, 11) is 4.71. The Bertz CT molecular complexity index is 1030. The van der Waals surface area contributed by atoms with Crippen molar-refractivity contribution in [2.45, 2.75) is 0 Å². The summed E-state index contributed by atoms with van der Waals surface area (Å²) in [6, 6.07) is 12.1. The van der Waals surface area contributed by atoms with Gasteiger partial charge in [0.1, 0.15) is 11.6 Å². The first-order valence-corrected chi connectivity index (χ1v) is 8.33. The lowest BCUT2D eigenvalue weighted by Gasteiger charge is -2.14. The molecule has 3 rings (SSSR count). The lowest BCUT2D eigenvalue weighted by atomic mass is 10.1. The molecule has 0 saturated heterocycles. The molecule has 0 aliphatic heterocycles. The minimum absolute atomic E-state index is 0.0374. The normalized spacial score (nSPS) is 10.4. The third-order valence-corrected chi connectivity index (χ3v) is 3.98. The molecule has 0 aliphatic rings. The number of aromatic nitrogens is 1. The van der Waals surface area contributed by atoms with Gasteiger partial charge < -0.3 is 19.5 Å². The molecule has 1 heterocycles. The molecule has 1 aromatic heterocycles. The van der Waals surface area contributed by atoms with E-state index in [0.29, 0.717) is 17.0 Å². The second-order valence-corrected chi connectivity index (χ2v) is 6.13. The molecule has 2 amide bonds. The van der Waals surface area contributed by atoms with Crippen LogP contribution in [0, 0.1) is 5.82 Å². The van der Waals surface area contributed by atoms with Gasteiger partial charge in [0.2, 0.25) is 0 Å². The molecule has 28 heavy (non-hydrogen) atoms. The van der Waals surface area contributed by atoms with Crippen molar-refractivity contribution in [1.82, 2.24) is 10.1 Å². The van der Waals surface area contributed by atoms with Gasteiger partial charge in [-0.05, 0) is 30.3 Å². The highest BCUT2D eigenvalue weighted by atomic mass is 19.1. The summed E-state index contributed by atoms with van der Waals surface area (Å²) in [4.78, 5) is 26.1. The number of anilines is 1. The van der Waals surface area contributed by atoms with Crippen LogP contribution in [0.5, 0.6) is 5.75 Å². The van der Waals surface area contributed by atoms with Crippen molar-refractivity contribution >= 4 is 17.5 Å². The number of ether oxygens (including phenoxy) is 1. The summed E-state index contributed by atoms with van der Waals surface area (Å²) < 4.78 is 24.2. The van der Waals surface area contributed by atoms with Crippen LogP contribution in [-0.4, -0.2) is 43.1 Å². The number of amides is 2. The maximum absolute atomic E-state index is 13.9. The van der Waals surface area contributed by atoms with Crippen molar-refractivity contribution in [3.63, 3.8) is 0 Å². The van der Waals surface area contributed by atoms with E-state index >= 15 is 0 Å². The molecular weight excluding hydrogens is 365 g/mol. The van der Waals surface area contributed by atoms with E-state index in [1.165, 1.54) is 36.3 Å². The molecule has 8 heteroatoms. The fourth-order valence-electron chi connectivity index (χ4n) is 2.55. The molecule has 0 radical (unpaired) electrons. The molecule has 0 spiro atoms. The third-order valence-electron chi connectivity index (χ3n) is 3.98. The molecular formula is C20H18FN3O4. The van der Waals surface area contributed by atoms with Gasteiger partial charge in [0, 0.05) is 25.7 Å². The first kappa shape index (κ1) is 19.1.